The minimum absolute atomic E-state index is 0.126. The highest BCUT2D eigenvalue weighted by Crippen LogP contribution is 2.40. The molecule has 0 amide bonds. The van der Waals surface area contributed by atoms with Crippen molar-refractivity contribution < 1.29 is 44.6 Å². The highest BCUT2D eigenvalue weighted by Gasteiger charge is 2.35. The highest BCUT2D eigenvalue weighted by atomic mass is 19.4. The first-order valence-electron chi connectivity index (χ1n) is 11.2. The molecular formula is C26H18F8N4O2. The van der Waals surface area contributed by atoms with Crippen LogP contribution in [0.25, 0.3) is 11.4 Å². The van der Waals surface area contributed by atoms with Crippen molar-refractivity contribution in [1.82, 2.24) is 9.97 Å². The van der Waals surface area contributed by atoms with Gasteiger partial charge in [-0.25, -0.2) is 8.78 Å². The molecule has 6 nitrogen and oxygen atoms in total. The molecule has 0 radical (unpaired) electrons. The number of nitrogens with two attached hydrogens (primary N) is 1. The number of ether oxygens (including phenoxy) is 2. The van der Waals surface area contributed by atoms with Gasteiger partial charge in [-0.05, 0) is 48.5 Å². The van der Waals surface area contributed by atoms with Crippen LogP contribution in [-0.4, -0.2) is 24.1 Å². The fraction of sp³-hybridized carbons (Fsp3) is 0.154. The van der Waals surface area contributed by atoms with Gasteiger partial charge in [-0.1, -0.05) is 12.1 Å². The summed E-state index contributed by atoms with van der Waals surface area (Å²) in [7, 11) is 3.51. The monoisotopic (exact) mass is 570 g/mol. The zero-order valence-corrected chi connectivity index (χ0v) is 20.5. The summed E-state index contributed by atoms with van der Waals surface area (Å²) in [5, 5.41) is 0. The van der Waals surface area contributed by atoms with Crippen LogP contribution in [0.2, 0.25) is 0 Å². The molecule has 0 aliphatic carbocycles. The van der Waals surface area contributed by atoms with Crippen molar-refractivity contribution in [3.63, 3.8) is 0 Å². The molecule has 0 saturated heterocycles. The van der Waals surface area contributed by atoms with Crippen LogP contribution >= 0.6 is 0 Å². The van der Waals surface area contributed by atoms with Gasteiger partial charge in [0.15, 0.2) is 11.5 Å². The smallest absolute Gasteiger partial charge is 0.419 e. The third-order valence-corrected chi connectivity index (χ3v) is 5.41. The topological polar surface area (TPSA) is 73.5 Å². The maximum absolute atomic E-state index is 13.8. The Kier molecular flexibility index (Phi) is 7.46. The standard InChI is InChI=1S/C26H18F8N4O2/c1-38(2)14-5-3-4-13(10-14)22-36-23(39-15-6-8-19(27)17(11-15)25(29,30)31)21(35)24(37-22)40-16-7-9-20(28)18(12-16)26(32,33)34/h3-12H,35H2,1-2H3. The second-order valence-corrected chi connectivity index (χ2v) is 8.50. The molecule has 0 atom stereocenters. The number of anilines is 2. The maximum Gasteiger partial charge on any atom is 0.419 e. The van der Waals surface area contributed by atoms with Crippen LogP contribution in [0.4, 0.5) is 46.5 Å². The molecule has 3 aromatic carbocycles. The molecule has 0 aliphatic heterocycles. The predicted octanol–water partition coefficient (Wildman–Crippen LogP) is 7.69. The van der Waals surface area contributed by atoms with Crippen LogP contribution in [0.3, 0.4) is 0 Å². The van der Waals surface area contributed by atoms with Crippen molar-refractivity contribution in [3.8, 4) is 34.6 Å². The summed E-state index contributed by atoms with van der Waals surface area (Å²) < 4.78 is 118. The number of benzene rings is 3. The van der Waals surface area contributed by atoms with Crippen molar-refractivity contribution in [2.75, 3.05) is 24.7 Å². The van der Waals surface area contributed by atoms with E-state index in [2.05, 4.69) is 9.97 Å². The lowest BCUT2D eigenvalue weighted by atomic mass is 10.1. The molecule has 210 valence electrons. The van der Waals surface area contributed by atoms with Crippen LogP contribution in [0.1, 0.15) is 11.1 Å². The molecule has 14 heteroatoms. The van der Waals surface area contributed by atoms with Crippen molar-refractivity contribution in [2.24, 2.45) is 0 Å². The van der Waals surface area contributed by atoms with Gasteiger partial charge in [0.05, 0.1) is 11.1 Å². The lowest BCUT2D eigenvalue weighted by molar-refractivity contribution is -0.140. The fourth-order valence-corrected chi connectivity index (χ4v) is 3.43. The zero-order valence-electron chi connectivity index (χ0n) is 20.5. The average Bonchev–Trinajstić information content (AvgIpc) is 2.87. The fourth-order valence-electron chi connectivity index (χ4n) is 3.43. The molecule has 1 heterocycles. The van der Waals surface area contributed by atoms with Crippen LogP contribution in [0, 0.1) is 11.6 Å². The van der Waals surface area contributed by atoms with E-state index >= 15 is 0 Å². The van der Waals surface area contributed by atoms with Gasteiger partial charge < -0.3 is 20.1 Å². The van der Waals surface area contributed by atoms with E-state index in [1.54, 1.807) is 43.3 Å². The van der Waals surface area contributed by atoms with E-state index < -0.39 is 64.1 Å². The van der Waals surface area contributed by atoms with Gasteiger partial charge in [0.25, 0.3) is 0 Å². The van der Waals surface area contributed by atoms with Crippen molar-refractivity contribution in [2.45, 2.75) is 12.4 Å². The van der Waals surface area contributed by atoms with E-state index in [0.29, 0.717) is 35.5 Å². The second kappa shape index (κ2) is 10.5. The molecule has 0 fully saturated rings. The molecule has 1 aromatic heterocycles. The van der Waals surface area contributed by atoms with Crippen LogP contribution in [0.15, 0.2) is 60.7 Å². The molecule has 0 bridgehead atoms. The number of nitrogens with zero attached hydrogens (tertiary/aromatic N) is 3. The van der Waals surface area contributed by atoms with Gasteiger partial charge in [0.2, 0.25) is 11.8 Å². The summed E-state index contributed by atoms with van der Waals surface area (Å²) in [6.45, 7) is 0. The number of hydrogen-bond donors (Lipinski definition) is 1. The van der Waals surface area contributed by atoms with Gasteiger partial charge >= 0.3 is 12.4 Å². The van der Waals surface area contributed by atoms with Crippen LogP contribution < -0.4 is 20.1 Å². The minimum atomic E-state index is -5.04. The number of alkyl halides is 6. The molecule has 4 rings (SSSR count). The van der Waals surface area contributed by atoms with Crippen molar-refractivity contribution >= 4 is 11.4 Å². The van der Waals surface area contributed by atoms with E-state index in [4.69, 9.17) is 15.2 Å². The lowest BCUT2D eigenvalue weighted by Gasteiger charge is -2.16. The van der Waals surface area contributed by atoms with Crippen LogP contribution in [-0.2, 0) is 12.4 Å². The summed E-state index contributed by atoms with van der Waals surface area (Å²) in [6, 6.07) is 10.3. The van der Waals surface area contributed by atoms with Gasteiger partial charge in [-0.2, -0.15) is 36.3 Å². The summed E-state index contributed by atoms with van der Waals surface area (Å²) in [6.07, 6.45) is -10.1. The second-order valence-electron chi connectivity index (χ2n) is 8.50. The van der Waals surface area contributed by atoms with Gasteiger partial charge in [-0.3, -0.25) is 0 Å². The van der Waals surface area contributed by atoms with E-state index in [1.165, 1.54) is 0 Å². The SMILES string of the molecule is CN(C)c1cccc(-c2nc(Oc3ccc(F)c(C(F)(F)F)c3)c(N)c(Oc3ccc(F)c(C(F)(F)F)c3)n2)c1. The number of hydrogen-bond acceptors (Lipinski definition) is 6. The highest BCUT2D eigenvalue weighted by molar-refractivity contribution is 5.68. The molecule has 0 unspecified atom stereocenters. The molecule has 0 spiro atoms. The number of halogens is 8. The third kappa shape index (κ3) is 6.16. The Labute approximate surface area is 221 Å². The summed E-state index contributed by atoms with van der Waals surface area (Å²) in [5.74, 6) is -5.28. The summed E-state index contributed by atoms with van der Waals surface area (Å²) >= 11 is 0. The van der Waals surface area contributed by atoms with Crippen molar-refractivity contribution in [3.05, 3.63) is 83.4 Å². The molecular weight excluding hydrogens is 552 g/mol. The quantitative estimate of drug-likeness (QED) is 0.240. The van der Waals surface area contributed by atoms with Crippen LogP contribution in [0.5, 0.6) is 23.3 Å². The average molecular weight is 570 g/mol. The van der Waals surface area contributed by atoms with Gasteiger partial charge in [-0.15, -0.1) is 0 Å². The van der Waals surface area contributed by atoms with Gasteiger partial charge in [0.1, 0.15) is 23.1 Å². The molecule has 2 N–H and O–H groups in total. The third-order valence-electron chi connectivity index (χ3n) is 5.41. The van der Waals surface area contributed by atoms with Gasteiger partial charge in [0, 0.05) is 25.3 Å². The number of aromatic nitrogens is 2. The molecule has 40 heavy (non-hydrogen) atoms. The zero-order chi connectivity index (χ0) is 29.4. The Morgan fingerprint density at radius 3 is 1.60 bits per heavy atom. The summed E-state index contributed by atoms with van der Waals surface area (Å²) in [5.41, 5.74) is 3.35. The van der Waals surface area contributed by atoms with E-state index in [0.717, 1.165) is 12.1 Å². The largest absolute Gasteiger partial charge is 0.437 e. The first kappa shape index (κ1) is 28.4. The Balaban J connectivity index is 1.84. The van der Waals surface area contributed by atoms with E-state index in [9.17, 15) is 35.1 Å². The maximum atomic E-state index is 13.8. The molecule has 0 saturated carbocycles. The van der Waals surface area contributed by atoms with Crippen molar-refractivity contribution in [1.29, 1.82) is 0 Å². The summed E-state index contributed by atoms with van der Waals surface area (Å²) in [4.78, 5) is 10.1. The lowest BCUT2D eigenvalue weighted by Crippen LogP contribution is -2.09. The Hall–Kier alpha value is -4.62. The minimum Gasteiger partial charge on any atom is -0.437 e. The Bertz CT molecular complexity index is 1470. The van der Waals surface area contributed by atoms with E-state index in [-0.39, 0.29) is 5.82 Å². The number of rotatable bonds is 6. The normalized spacial score (nSPS) is 11.8. The Morgan fingerprint density at radius 2 is 1.18 bits per heavy atom. The molecule has 4 aromatic rings. The molecule has 0 aliphatic rings. The Morgan fingerprint density at radius 1 is 0.700 bits per heavy atom. The predicted molar refractivity (Wildman–Crippen MR) is 129 cm³/mol. The number of nitrogen functional groups attached to an aromatic ring is 1. The first-order valence-corrected chi connectivity index (χ1v) is 11.2. The van der Waals surface area contributed by atoms with E-state index in [1.807, 2.05) is 0 Å². The first-order chi connectivity index (χ1) is 18.6.